The third kappa shape index (κ3) is 3.69. The second-order valence-corrected chi connectivity index (χ2v) is 6.74. The van der Waals surface area contributed by atoms with E-state index in [0.29, 0.717) is 14.9 Å². The first-order chi connectivity index (χ1) is 10.4. The lowest BCUT2D eigenvalue weighted by Gasteiger charge is -2.14. The smallest absolute Gasteiger partial charge is 0.336 e. The van der Waals surface area contributed by atoms with Crippen LogP contribution >= 0.6 is 27.7 Å². The number of carbonyl (C=O) groups is 2. The van der Waals surface area contributed by atoms with Gasteiger partial charge in [0.2, 0.25) is 0 Å². The van der Waals surface area contributed by atoms with Crippen LogP contribution in [-0.4, -0.2) is 36.0 Å². The van der Waals surface area contributed by atoms with Crippen molar-refractivity contribution in [2.24, 2.45) is 0 Å². The van der Waals surface area contributed by atoms with E-state index < -0.39 is 5.97 Å². The number of hydrogen-bond donors (Lipinski definition) is 1. The molecule has 0 unspecified atom stereocenters. The first-order valence-electron chi connectivity index (χ1n) is 6.41. The normalized spacial score (nSPS) is 10.3. The number of carbonyl (C=O) groups excluding carboxylic acids is 1. The molecule has 0 aliphatic heterocycles. The molecule has 0 radical (unpaired) electrons. The first kappa shape index (κ1) is 16.6. The number of carboxylic acid groups (broad SMARTS) is 1. The topological polar surface area (TPSA) is 57.6 Å². The summed E-state index contributed by atoms with van der Waals surface area (Å²) >= 11 is 4.55. The zero-order valence-electron chi connectivity index (χ0n) is 12.0. The number of rotatable bonds is 4. The minimum Gasteiger partial charge on any atom is -0.478 e. The number of hydrogen-bond acceptors (Lipinski definition) is 3. The minimum absolute atomic E-state index is 0.114. The molecule has 0 saturated carbocycles. The van der Waals surface area contributed by atoms with E-state index in [1.165, 1.54) is 16.7 Å². The van der Waals surface area contributed by atoms with Gasteiger partial charge in [-0.25, -0.2) is 4.79 Å². The summed E-state index contributed by atoms with van der Waals surface area (Å²) in [7, 11) is 3.37. The number of aromatic carboxylic acids is 1. The van der Waals surface area contributed by atoms with E-state index in [-0.39, 0.29) is 11.5 Å². The van der Waals surface area contributed by atoms with Crippen molar-refractivity contribution >= 4 is 39.6 Å². The molecular formula is C16H14BrNO3S. The fraction of sp³-hybridized carbons (Fsp3) is 0.125. The maximum atomic E-state index is 12.2. The summed E-state index contributed by atoms with van der Waals surface area (Å²) in [5.74, 6) is -1.11. The highest BCUT2D eigenvalue weighted by molar-refractivity contribution is 9.10. The summed E-state index contributed by atoms with van der Waals surface area (Å²) < 4.78 is 0.701. The molecule has 0 bridgehead atoms. The Hall–Kier alpha value is -1.79. The van der Waals surface area contributed by atoms with Gasteiger partial charge in [-0.3, -0.25) is 4.79 Å². The number of halogens is 1. The standard InChI is InChI=1S/C16H14BrNO3S/c1-18(2)15(19)11-5-3-4-6-13(11)22-14-8-7-10(17)9-12(14)16(20)21/h3-9H,1-2H3,(H,20,21). The molecule has 2 aromatic rings. The fourth-order valence-electron chi connectivity index (χ4n) is 1.85. The molecule has 0 aromatic heterocycles. The molecule has 114 valence electrons. The Labute approximate surface area is 141 Å². The Kier molecular flexibility index (Phi) is 5.26. The highest BCUT2D eigenvalue weighted by Gasteiger charge is 2.17. The third-order valence-electron chi connectivity index (χ3n) is 2.92. The zero-order chi connectivity index (χ0) is 16.3. The van der Waals surface area contributed by atoms with E-state index >= 15 is 0 Å². The molecule has 0 fully saturated rings. The van der Waals surface area contributed by atoms with Crippen molar-refractivity contribution < 1.29 is 14.7 Å². The number of carboxylic acids is 1. The van der Waals surface area contributed by atoms with Gasteiger partial charge in [0.15, 0.2) is 0 Å². The van der Waals surface area contributed by atoms with Crippen LogP contribution in [0.25, 0.3) is 0 Å². The van der Waals surface area contributed by atoms with Crippen molar-refractivity contribution in [3.8, 4) is 0 Å². The van der Waals surface area contributed by atoms with Gasteiger partial charge < -0.3 is 10.0 Å². The number of nitrogens with zero attached hydrogens (tertiary/aromatic N) is 1. The van der Waals surface area contributed by atoms with Crippen molar-refractivity contribution in [1.29, 1.82) is 0 Å². The summed E-state index contributed by atoms with van der Waals surface area (Å²) in [6.07, 6.45) is 0. The molecule has 0 saturated heterocycles. The average Bonchev–Trinajstić information content (AvgIpc) is 2.48. The van der Waals surface area contributed by atoms with Crippen molar-refractivity contribution in [2.75, 3.05) is 14.1 Å². The summed E-state index contributed by atoms with van der Waals surface area (Å²) in [6.45, 7) is 0. The lowest BCUT2D eigenvalue weighted by atomic mass is 10.2. The lowest BCUT2D eigenvalue weighted by Crippen LogP contribution is -2.22. The molecule has 1 amide bonds. The molecule has 0 aliphatic rings. The largest absolute Gasteiger partial charge is 0.478 e. The maximum absolute atomic E-state index is 12.2. The second kappa shape index (κ2) is 6.98. The zero-order valence-corrected chi connectivity index (χ0v) is 14.4. The number of benzene rings is 2. The van der Waals surface area contributed by atoms with Gasteiger partial charge in [-0.1, -0.05) is 39.8 Å². The molecule has 22 heavy (non-hydrogen) atoms. The SMILES string of the molecule is CN(C)C(=O)c1ccccc1Sc1ccc(Br)cc1C(=O)O. The Morgan fingerprint density at radius 1 is 1.05 bits per heavy atom. The fourth-order valence-corrected chi connectivity index (χ4v) is 3.25. The van der Waals surface area contributed by atoms with Crippen LogP contribution < -0.4 is 0 Å². The molecule has 1 N–H and O–H groups in total. The predicted octanol–water partition coefficient (Wildman–Crippen LogP) is 4.00. The molecule has 0 aliphatic carbocycles. The second-order valence-electron chi connectivity index (χ2n) is 4.74. The van der Waals surface area contributed by atoms with Crippen molar-refractivity contribution in [3.63, 3.8) is 0 Å². The Morgan fingerprint density at radius 2 is 1.68 bits per heavy atom. The minimum atomic E-state index is -1.000. The molecule has 2 rings (SSSR count). The highest BCUT2D eigenvalue weighted by Crippen LogP contribution is 2.34. The Morgan fingerprint density at radius 3 is 2.32 bits per heavy atom. The summed E-state index contributed by atoms with van der Waals surface area (Å²) in [4.78, 5) is 26.4. The monoisotopic (exact) mass is 379 g/mol. The average molecular weight is 380 g/mol. The Bertz CT molecular complexity index is 731. The van der Waals surface area contributed by atoms with Crippen LogP contribution in [0.2, 0.25) is 0 Å². The van der Waals surface area contributed by atoms with E-state index in [1.807, 2.05) is 12.1 Å². The first-order valence-corrected chi connectivity index (χ1v) is 8.02. The van der Waals surface area contributed by atoms with Crippen molar-refractivity contribution in [1.82, 2.24) is 4.90 Å². The Balaban J connectivity index is 2.44. The summed E-state index contributed by atoms with van der Waals surface area (Å²) in [5, 5.41) is 9.33. The van der Waals surface area contributed by atoms with Gasteiger partial charge in [-0.05, 0) is 30.3 Å². The molecular weight excluding hydrogens is 366 g/mol. The maximum Gasteiger partial charge on any atom is 0.336 e. The van der Waals surface area contributed by atoms with Crippen LogP contribution in [0.1, 0.15) is 20.7 Å². The van der Waals surface area contributed by atoms with Crippen LogP contribution in [-0.2, 0) is 0 Å². The van der Waals surface area contributed by atoms with E-state index in [1.54, 1.807) is 44.4 Å². The molecule has 6 heteroatoms. The van der Waals surface area contributed by atoms with Crippen molar-refractivity contribution in [3.05, 3.63) is 58.1 Å². The van der Waals surface area contributed by atoms with Gasteiger partial charge in [0.1, 0.15) is 0 Å². The van der Waals surface area contributed by atoms with Gasteiger partial charge in [-0.2, -0.15) is 0 Å². The quantitative estimate of drug-likeness (QED) is 0.871. The summed E-state index contributed by atoms with van der Waals surface area (Å²) in [5.41, 5.74) is 0.753. The van der Waals surface area contributed by atoms with E-state index in [4.69, 9.17) is 0 Å². The third-order valence-corrected chi connectivity index (χ3v) is 4.56. The van der Waals surface area contributed by atoms with E-state index in [9.17, 15) is 14.7 Å². The molecule has 4 nitrogen and oxygen atoms in total. The highest BCUT2D eigenvalue weighted by atomic mass is 79.9. The van der Waals surface area contributed by atoms with Gasteiger partial charge in [-0.15, -0.1) is 0 Å². The van der Waals surface area contributed by atoms with Crippen LogP contribution in [0.3, 0.4) is 0 Å². The van der Waals surface area contributed by atoms with Crippen LogP contribution in [0.5, 0.6) is 0 Å². The van der Waals surface area contributed by atoms with Crippen LogP contribution in [0.4, 0.5) is 0 Å². The molecule has 2 aromatic carbocycles. The van der Waals surface area contributed by atoms with Crippen LogP contribution in [0.15, 0.2) is 56.7 Å². The van der Waals surface area contributed by atoms with Crippen LogP contribution in [0, 0.1) is 0 Å². The van der Waals surface area contributed by atoms with Gasteiger partial charge >= 0.3 is 5.97 Å². The molecule has 0 atom stereocenters. The van der Waals surface area contributed by atoms with E-state index in [2.05, 4.69) is 15.9 Å². The van der Waals surface area contributed by atoms with Crippen molar-refractivity contribution in [2.45, 2.75) is 9.79 Å². The van der Waals surface area contributed by atoms with Gasteiger partial charge in [0, 0.05) is 28.4 Å². The number of amides is 1. The van der Waals surface area contributed by atoms with Gasteiger partial charge in [0.25, 0.3) is 5.91 Å². The van der Waals surface area contributed by atoms with Gasteiger partial charge in [0.05, 0.1) is 11.1 Å². The predicted molar refractivity (Wildman–Crippen MR) is 89.7 cm³/mol. The summed E-state index contributed by atoms with van der Waals surface area (Å²) in [6, 6.07) is 12.2. The molecule has 0 heterocycles. The molecule has 0 spiro atoms. The van der Waals surface area contributed by atoms with E-state index in [0.717, 1.165) is 4.90 Å². The lowest BCUT2D eigenvalue weighted by molar-refractivity contribution is 0.0692.